The average Bonchev–Trinajstić information content (AvgIpc) is 2.68. The molecule has 0 aliphatic carbocycles. The van der Waals surface area contributed by atoms with Crippen molar-refractivity contribution in [3.05, 3.63) is 88.0 Å². The third kappa shape index (κ3) is 4.51. The number of aromatic carboxylic acids is 1. The van der Waals surface area contributed by atoms with Crippen molar-refractivity contribution in [3.8, 4) is 11.3 Å². The van der Waals surface area contributed by atoms with Crippen LogP contribution in [0.25, 0.3) is 11.3 Å². The SMILES string of the molecule is O=C(O)c1ccc(/C=N/NC(=O)c2cc(-c3ccccc3)nc(=O)[nH]2)cc1. The Balaban J connectivity index is 1.73. The first-order chi connectivity index (χ1) is 13.0. The molecule has 0 aliphatic rings. The number of carboxylic acids is 1. The first-order valence-electron chi connectivity index (χ1n) is 7.86. The number of carboxylic acid groups (broad SMARTS) is 1. The topological polar surface area (TPSA) is 125 Å². The van der Waals surface area contributed by atoms with Gasteiger partial charge in [0, 0.05) is 5.56 Å². The summed E-state index contributed by atoms with van der Waals surface area (Å²) in [5, 5.41) is 12.7. The molecule has 0 radical (unpaired) electrons. The molecule has 0 atom stereocenters. The Hall–Kier alpha value is -4.07. The molecule has 3 N–H and O–H groups in total. The van der Waals surface area contributed by atoms with Crippen LogP contribution in [0.1, 0.15) is 26.4 Å². The van der Waals surface area contributed by atoms with Gasteiger partial charge in [-0.1, -0.05) is 42.5 Å². The predicted molar refractivity (Wildman–Crippen MR) is 98.8 cm³/mol. The minimum atomic E-state index is -1.03. The van der Waals surface area contributed by atoms with E-state index >= 15 is 0 Å². The summed E-state index contributed by atoms with van der Waals surface area (Å²) in [6, 6.07) is 16.4. The second-order valence-corrected chi connectivity index (χ2v) is 5.48. The normalized spacial score (nSPS) is 10.7. The summed E-state index contributed by atoms with van der Waals surface area (Å²) in [7, 11) is 0. The number of aromatic nitrogens is 2. The standard InChI is InChI=1S/C19H14N4O4/c24-17(23-20-11-12-6-8-14(9-7-12)18(25)26)16-10-15(21-19(27)22-16)13-4-2-1-3-5-13/h1-11H,(H,23,24)(H,25,26)(H,21,22,27)/b20-11+. The van der Waals surface area contributed by atoms with E-state index < -0.39 is 17.6 Å². The van der Waals surface area contributed by atoms with Gasteiger partial charge in [0.2, 0.25) is 0 Å². The second kappa shape index (κ2) is 7.87. The van der Waals surface area contributed by atoms with Gasteiger partial charge in [0.25, 0.3) is 5.91 Å². The van der Waals surface area contributed by atoms with E-state index in [1.165, 1.54) is 24.4 Å². The van der Waals surface area contributed by atoms with Crippen LogP contribution in [-0.2, 0) is 0 Å². The fourth-order valence-corrected chi connectivity index (χ4v) is 2.27. The molecular weight excluding hydrogens is 348 g/mol. The van der Waals surface area contributed by atoms with Crippen molar-refractivity contribution in [1.82, 2.24) is 15.4 Å². The number of aromatic amines is 1. The molecule has 1 heterocycles. The average molecular weight is 362 g/mol. The summed E-state index contributed by atoms with van der Waals surface area (Å²) in [4.78, 5) is 41.0. The summed E-state index contributed by atoms with van der Waals surface area (Å²) in [5.74, 6) is -1.63. The second-order valence-electron chi connectivity index (χ2n) is 5.48. The van der Waals surface area contributed by atoms with Crippen molar-refractivity contribution in [1.29, 1.82) is 0 Å². The predicted octanol–water partition coefficient (Wildman–Crippen LogP) is 1.90. The lowest BCUT2D eigenvalue weighted by atomic mass is 10.1. The van der Waals surface area contributed by atoms with Gasteiger partial charge in [-0.3, -0.25) is 4.79 Å². The van der Waals surface area contributed by atoms with Crippen molar-refractivity contribution >= 4 is 18.1 Å². The maximum absolute atomic E-state index is 12.2. The molecule has 0 fully saturated rings. The summed E-state index contributed by atoms with van der Waals surface area (Å²) < 4.78 is 0. The minimum Gasteiger partial charge on any atom is -0.478 e. The van der Waals surface area contributed by atoms with Crippen molar-refractivity contribution in [2.24, 2.45) is 5.10 Å². The van der Waals surface area contributed by atoms with E-state index in [0.29, 0.717) is 16.8 Å². The molecule has 8 heteroatoms. The quantitative estimate of drug-likeness (QED) is 0.472. The molecule has 1 aromatic heterocycles. The van der Waals surface area contributed by atoms with Crippen molar-refractivity contribution < 1.29 is 14.7 Å². The smallest absolute Gasteiger partial charge is 0.346 e. The minimum absolute atomic E-state index is 0.0206. The number of nitrogens with one attached hydrogen (secondary N) is 2. The highest BCUT2D eigenvalue weighted by molar-refractivity contribution is 5.94. The van der Waals surface area contributed by atoms with Gasteiger partial charge in [-0.15, -0.1) is 0 Å². The first-order valence-corrected chi connectivity index (χ1v) is 7.86. The maximum Gasteiger partial charge on any atom is 0.346 e. The van der Waals surface area contributed by atoms with Gasteiger partial charge < -0.3 is 10.1 Å². The largest absolute Gasteiger partial charge is 0.478 e. The number of hydrogen-bond acceptors (Lipinski definition) is 5. The molecule has 3 aromatic rings. The van der Waals surface area contributed by atoms with Gasteiger partial charge in [-0.05, 0) is 23.8 Å². The zero-order chi connectivity index (χ0) is 19.2. The van der Waals surface area contributed by atoms with Crippen LogP contribution in [0.4, 0.5) is 0 Å². The fraction of sp³-hybridized carbons (Fsp3) is 0. The van der Waals surface area contributed by atoms with Crippen molar-refractivity contribution in [2.75, 3.05) is 0 Å². The third-order valence-electron chi connectivity index (χ3n) is 3.60. The highest BCUT2D eigenvalue weighted by atomic mass is 16.4. The molecule has 3 rings (SSSR count). The number of nitrogens with zero attached hydrogens (tertiary/aromatic N) is 2. The number of benzene rings is 2. The molecule has 2 aromatic carbocycles. The van der Waals surface area contributed by atoms with E-state index in [4.69, 9.17) is 5.11 Å². The number of rotatable bonds is 5. The summed E-state index contributed by atoms with van der Waals surface area (Å²) >= 11 is 0. The third-order valence-corrected chi connectivity index (χ3v) is 3.60. The molecule has 1 amide bonds. The van der Waals surface area contributed by atoms with Crippen LogP contribution in [0.2, 0.25) is 0 Å². The number of carbonyl (C=O) groups is 2. The Morgan fingerprint density at radius 2 is 1.78 bits per heavy atom. The van der Waals surface area contributed by atoms with Gasteiger partial charge in [0.05, 0.1) is 17.5 Å². The van der Waals surface area contributed by atoms with Crippen molar-refractivity contribution in [2.45, 2.75) is 0 Å². The van der Waals surface area contributed by atoms with E-state index in [1.807, 2.05) is 6.07 Å². The van der Waals surface area contributed by atoms with E-state index in [0.717, 1.165) is 0 Å². The number of hydrogen-bond donors (Lipinski definition) is 3. The molecule has 27 heavy (non-hydrogen) atoms. The van der Waals surface area contributed by atoms with Crippen LogP contribution in [0.5, 0.6) is 0 Å². The molecule has 8 nitrogen and oxygen atoms in total. The lowest BCUT2D eigenvalue weighted by Gasteiger charge is -2.03. The molecule has 0 spiro atoms. The number of amides is 1. The van der Waals surface area contributed by atoms with E-state index in [9.17, 15) is 14.4 Å². The Morgan fingerprint density at radius 3 is 2.44 bits per heavy atom. The fourth-order valence-electron chi connectivity index (χ4n) is 2.27. The molecular formula is C19H14N4O4. The van der Waals surface area contributed by atoms with Crippen LogP contribution >= 0.6 is 0 Å². The molecule has 134 valence electrons. The van der Waals surface area contributed by atoms with E-state index in [1.54, 1.807) is 36.4 Å². The van der Waals surface area contributed by atoms with Gasteiger partial charge in [0.15, 0.2) is 0 Å². The Labute approximate surface area is 153 Å². The monoisotopic (exact) mass is 362 g/mol. The zero-order valence-electron chi connectivity index (χ0n) is 13.9. The van der Waals surface area contributed by atoms with Crippen LogP contribution in [0.15, 0.2) is 70.6 Å². The molecule has 0 saturated heterocycles. The van der Waals surface area contributed by atoms with Crippen LogP contribution in [-0.4, -0.2) is 33.2 Å². The number of hydrazone groups is 1. The lowest BCUT2D eigenvalue weighted by molar-refractivity contribution is 0.0696. The molecule has 0 bridgehead atoms. The first kappa shape index (κ1) is 17.7. The highest BCUT2D eigenvalue weighted by Crippen LogP contribution is 2.15. The Kier molecular flexibility index (Phi) is 5.17. The van der Waals surface area contributed by atoms with Gasteiger partial charge in [-0.2, -0.15) is 10.1 Å². The van der Waals surface area contributed by atoms with Crippen LogP contribution in [0, 0.1) is 0 Å². The summed E-state index contributed by atoms with van der Waals surface area (Å²) in [6.45, 7) is 0. The number of carbonyl (C=O) groups excluding carboxylic acids is 1. The Morgan fingerprint density at radius 1 is 1.07 bits per heavy atom. The molecule has 0 aliphatic heterocycles. The van der Waals surface area contributed by atoms with E-state index in [-0.39, 0.29) is 11.3 Å². The zero-order valence-corrected chi connectivity index (χ0v) is 13.9. The van der Waals surface area contributed by atoms with Crippen LogP contribution < -0.4 is 11.1 Å². The maximum atomic E-state index is 12.2. The summed E-state index contributed by atoms with van der Waals surface area (Å²) in [6.07, 6.45) is 1.36. The van der Waals surface area contributed by atoms with Gasteiger partial charge in [-0.25, -0.2) is 15.0 Å². The Bertz CT molecular complexity index is 1060. The van der Waals surface area contributed by atoms with E-state index in [2.05, 4.69) is 20.5 Å². The molecule has 0 unspecified atom stereocenters. The number of H-pyrrole nitrogens is 1. The molecule has 0 saturated carbocycles. The highest BCUT2D eigenvalue weighted by Gasteiger charge is 2.10. The van der Waals surface area contributed by atoms with Crippen LogP contribution in [0.3, 0.4) is 0 Å². The van der Waals surface area contributed by atoms with Gasteiger partial charge >= 0.3 is 11.7 Å². The van der Waals surface area contributed by atoms with Gasteiger partial charge in [0.1, 0.15) is 5.69 Å². The van der Waals surface area contributed by atoms with Crippen molar-refractivity contribution in [3.63, 3.8) is 0 Å². The summed E-state index contributed by atoms with van der Waals surface area (Å²) in [5.41, 5.74) is 3.52. The lowest BCUT2D eigenvalue weighted by Crippen LogP contribution is -2.24.